The lowest BCUT2D eigenvalue weighted by atomic mass is 10.00. The van der Waals surface area contributed by atoms with Crippen LogP contribution in [0, 0.1) is 5.41 Å². The number of thioether (sulfide) groups is 1. The van der Waals surface area contributed by atoms with Crippen LogP contribution in [0.3, 0.4) is 0 Å². The molecule has 0 aliphatic carbocycles. The zero-order valence-corrected chi connectivity index (χ0v) is 23.2. The second-order valence-corrected chi connectivity index (χ2v) is 12.5. The Kier molecular flexibility index (Phi) is 11.1. The van der Waals surface area contributed by atoms with E-state index in [0.29, 0.717) is 12.8 Å². The summed E-state index contributed by atoms with van der Waals surface area (Å²) in [6.45, 7) is 10.1. The van der Waals surface area contributed by atoms with Crippen LogP contribution in [0.15, 0.2) is 21.9 Å². The van der Waals surface area contributed by atoms with E-state index in [-0.39, 0.29) is 30.2 Å². The molecule has 0 aromatic carbocycles. The highest BCUT2D eigenvalue weighted by Crippen LogP contribution is 2.45. The standard InChI is InChI=1S/C22H36N3O9PS/c1-14(2)33-19(27)15(3)24-35(30,31-11-12-36-20(28)22(4,5)6)32-13-16-7-8-18(34-16)25-10-9-17(26)23-21(25)29/h9-10,14-16,18H,7-8,11-13H2,1-6H3,(H,24,30)(H,23,26,29)/t15?,16-,18?,35?/m0/s1. The van der Waals surface area contributed by atoms with Crippen molar-refractivity contribution in [2.45, 2.75) is 78.9 Å². The molecule has 12 nitrogen and oxygen atoms in total. The molecule has 2 rings (SSSR count). The van der Waals surface area contributed by atoms with Gasteiger partial charge in [0.2, 0.25) is 0 Å². The van der Waals surface area contributed by atoms with Crippen molar-refractivity contribution < 1.29 is 32.7 Å². The van der Waals surface area contributed by atoms with E-state index in [1.165, 1.54) is 23.8 Å². The lowest BCUT2D eigenvalue weighted by Gasteiger charge is -2.24. The SMILES string of the molecule is CC(C)OC(=O)C(C)NP(=O)(OCCSC(=O)C(C)(C)C)OC[C@@H]1CCC(n2ccc(=O)[nH]c2=O)O1. The summed E-state index contributed by atoms with van der Waals surface area (Å²) in [7, 11) is -4.01. The van der Waals surface area contributed by atoms with Crippen molar-refractivity contribution in [3.63, 3.8) is 0 Å². The predicted octanol–water partition coefficient (Wildman–Crippen LogP) is 2.59. The molecule has 1 aromatic heterocycles. The highest BCUT2D eigenvalue weighted by molar-refractivity contribution is 8.13. The van der Waals surface area contributed by atoms with Crippen molar-refractivity contribution in [3.8, 4) is 0 Å². The first kappa shape index (κ1) is 30.5. The number of carbonyl (C=O) groups is 2. The first-order chi connectivity index (χ1) is 16.7. The molecule has 0 saturated carbocycles. The van der Waals surface area contributed by atoms with E-state index in [1.54, 1.807) is 34.6 Å². The third-order valence-corrected chi connectivity index (χ3v) is 7.88. The van der Waals surface area contributed by atoms with Crippen LogP contribution in [0.2, 0.25) is 0 Å². The minimum atomic E-state index is -4.01. The third-order valence-electron chi connectivity index (χ3n) is 4.92. The van der Waals surface area contributed by atoms with Crippen LogP contribution in [-0.4, -0.2) is 57.9 Å². The Balaban J connectivity index is 2.00. The molecular formula is C22H36N3O9PS. The second kappa shape index (κ2) is 13.2. The van der Waals surface area contributed by atoms with E-state index in [0.717, 1.165) is 11.8 Å². The van der Waals surface area contributed by atoms with Gasteiger partial charge in [-0.05, 0) is 33.6 Å². The fourth-order valence-corrected chi connectivity index (χ4v) is 5.50. The first-order valence-corrected chi connectivity index (χ1v) is 14.2. The largest absolute Gasteiger partial charge is 0.462 e. The van der Waals surface area contributed by atoms with Crippen molar-refractivity contribution >= 4 is 30.6 Å². The monoisotopic (exact) mass is 549 g/mol. The predicted molar refractivity (Wildman–Crippen MR) is 135 cm³/mol. The van der Waals surface area contributed by atoms with Crippen molar-refractivity contribution in [2.24, 2.45) is 5.41 Å². The number of rotatable bonds is 12. The maximum absolute atomic E-state index is 13.4. The van der Waals surface area contributed by atoms with E-state index in [1.807, 2.05) is 0 Å². The quantitative estimate of drug-likeness (QED) is 0.224. The van der Waals surface area contributed by atoms with Gasteiger partial charge in [0, 0.05) is 23.4 Å². The minimum Gasteiger partial charge on any atom is -0.462 e. The number of nitrogens with zero attached hydrogens (tertiary/aromatic N) is 1. The topological polar surface area (TPSA) is 155 Å². The number of ether oxygens (including phenoxy) is 2. The van der Waals surface area contributed by atoms with Crippen LogP contribution in [0.1, 0.15) is 60.6 Å². The highest BCUT2D eigenvalue weighted by atomic mass is 32.2. The van der Waals surface area contributed by atoms with E-state index >= 15 is 0 Å². The summed E-state index contributed by atoms with van der Waals surface area (Å²) in [5, 5.41) is 2.56. The summed E-state index contributed by atoms with van der Waals surface area (Å²) >= 11 is 1.06. The summed E-state index contributed by atoms with van der Waals surface area (Å²) in [4.78, 5) is 49.8. The molecule has 4 atom stereocenters. The normalized spacial score (nSPS) is 20.8. The van der Waals surface area contributed by atoms with Gasteiger partial charge < -0.3 is 9.47 Å². The smallest absolute Gasteiger partial charge is 0.406 e. The molecule has 1 aliphatic heterocycles. The summed E-state index contributed by atoms with van der Waals surface area (Å²) in [6.07, 6.45) is 0.836. The number of nitrogens with one attached hydrogen (secondary N) is 2. The maximum atomic E-state index is 13.4. The average molecular weight is 550 g/mol. The Hall–Kier alpha value is -1.76. The highest BCUT2D eigenvalue weighted by Gasteiger charge is 2.34. The Morgan fingerprint density at radius 3 is 2.56 bits per heavy atom. The molecule has 36 heavy (non-hydrogen) atoms. The molecule has 0 spiro atoms. The molecule has 1 fully saturated rings. The molecule has 1 saturated heterocycles. The van der Waals surface area contributed by atoms with Crippen molar-refractivity contribution in [3.05, 3.63) is 33.1 Å². The number of aromatic amines is 1. The van der Waals surface area contributed by atoms with E-state index in [4.69, 9.17) is 18.5 Å². The van der Waals surface area contributed by atoms with Crippen LogP contribution in [-0.2, 0) is 32.7 Å². The van der Waals surface area contributed by atoms with Gasteiger partial charge in [-0.15, -0.1) is 0 Å². The van der Waals surface area contributed by atoms with Gasteiger partial charge in [0.1, 0.15) is 12.3 Å². The van der Waals surface area contributed by atoms with Gasteiger partial charge in [0.25, 0.3) is 5.56 Å². The van der Waals surface area contributed by atoms with Gasteiger partial charge in [0.05, 0.1) is 25.4 Å². The van der Waals surface area contributed by atoms with Gasteiger partial charge in [-0.1, -0.05) is 32.5 Å². The fraction of sp³-hybridized carbons (Fsp3) is 0.727. The molecule has 1 aliphatic rings. The second-order valence-electron chi connectivity index (χ2n) is 9.66. The number of carbonyl (C=O) groups excluding carboxylic acids is 2. The number of hydrogen-bond donors (Lipinski definition) is 2. The number of H-pyrrole nitrogens is 1. The molecule has 2 heterocycles. The zero-order chi connectivity index (χ0) is 27.1. The zero-order valence-electron chi connectivity index (χ0n) is 21.5. The first-order valence-electron chi connectivity index (χ1n) is 11.7. The molecule has 14 heteroatoms. The molecule has 204 valence electrons. The van der Waals surface area contributed by atoms with Crippen LogP contribution >= 0.6 is 19.5 Å². The lowest BCUT2D eigenvalue weighted by Crippen LogP contribution is -2.36. The summed E-state index contributed by atoms with van der Waals surface area (Å²) < 4.78 is 36.8. The van der Waals surface area contributed by atoms with Crippen molar-refractivity contribution in [1.29, 1.82) is 0 Å². The molecule has 0 bridgehead atoms. The molecule has 3 unspecified atom stereocenters. The summed E-state index contributed by atoms with van der Waals surface area (Å²) in [5.41, 5.74) is -1.63. The van der Waals surface area contributed by atoms with Crippen LogP contribution in [0.4, 0.5) is 0 Å². The Morgan fingerprint density at radius 1 is 1.25 bits per heavy atom. The third kappa shape index (κ3) is 9.60. The fourth-order valence-electron chi connectivity index (χ4n) is 3.09. The average Bonchev–Trinajstić information content (AvgIpc) is 3.23. The Labute approximate surface area is 214 Å². The van der Waals surface area contributed by atoms with Crippen LogP contribution in [0.5, 0.6) is 0 Å². The minimum absolute atomic E-state index is 0.0356. The molecule has 1 aromatic rings. The van der Waals surface area contributed by atoms with Gasteiger partial charge in [-0.25, -0.2) is 14.4 Å². The molecule has 2 N–H and O–H groups in total. The Bertz CT molecular complexity index is 1070. The number of hydrogen-bond acceptors (Lipinski definition) is 10. The van der Waals surface area contributed by atoms with Gasteiger partial charge >= 0.3 is 19.4 Å². The van der Waals surface area contributed by atoms with E-state index in [9.17, 15) is 23.7 Å². The number of aromatic nitrogens is 2. The van der Waals surface area contributed by atoms with Crippen LogP contribution < -0.4 is 16.3 Å². The van der Waals surface area contributed by atoms with Gasteiger partial charge in [-0.3, -0.25) is 33.0 Å². The van der Waals surface area contributed by atoms with Crippen LogP contribution in [0.25, 0.3) is 0 Å². The summed E-state index contributed by atoms with van der Waals surface area (Å²) in [6, 6.07) is 0.236. The lowest BCUT2D eigenvalue weighted by molar-refractivity contribution is -0.149. The van der Waals surface area contributed by atoms with Gasteiger partial charge in [-0.2, -0.15) is 0 Å². The van der Waals surface area contributed by atoms with E-state index < -0.39 is 48.8 Å². The molecule has 0 radical (unpaired) electrons. The number of esters is 1. The maximum Gasteiger partial charge on any atom is 0.406 e. The molecular weight excluding hydrogens is 513 g/mol. The molecule has 0 amide bonds. The summed E-state index contributed by atoms with van der Waals surface area (Å²) in [5.74, 6) is -0.378. The van der Waals surface area contributed by atoms with E-state index in [2.05, 4.69) is 10.1 Å². The Morgan fingerprint density at radius 2 is 1.94 bits per heavy atom. The van der Waals surface area contributed by atoms with Gasteiger partial charge in [0.15, 0.2) is 5.12 Å². The van der Waals surface area contributed by atoms with Crippen molar-refractivity contribution in [2.75, 3.05) is 19.0 Å². The van der Waals surface area contributed by atoms with Crippen molar-refractivity contribution in [1.82, 2.24) is 14.6 Å².